The minimum absolute atomic E-state index is 0. The van der Waals surface area contributed by atoms with E-state index in [0.29, 0.717) is 33.0 Å². The zero-order chi connectivity index (χ0) is 12.4. The Bertz CT molecular complexity index is 212. The van der Waals surface area contributed by atoms with Crippen molar-refractivity contribution in [2.45, 2.75) is 41.7 Å². The van der Waals surface area contributed by atoms with Crippen molar-refractivity contribution < 1.29 is 14.2 Å². The van der Waals surface area contributed by atoms with Crippen molar-refractivity contribution in [3.8, 4) is 0 Å². The van der Waals surface area contributed by atoms with E-state index in [4.69, 9.17) is 14.2 Å². The molecule has 0 aromatic carbocycles. The lowest BCUT2D eigenvalue weighted by atomic mass is 10.4. The van der Waals surface area contributed by atoms with E-state index in [1.807, 2.05) is 20.8 Å². The Morgan fingerprint density at radius 3 is 1.94 bits per heavy atom. The molecule has 0 aromatic rings. The molecule has 1 unspecified atom stereocenters. The normalized spacial score (nSPS) is 11.1. The molecule has 0 amide bonds. The zero-order valence-electron chi connectivity index (χ0n) is 10.8. The molecular weight excluding hydrogens is 228 g/mol. The highest BCUT2D eigenvalue weighted by molar-refractivity contribution is 4.87. The topological polar surface area (TPSA) is 27.7 Å². The van der Waals surface area contributed by atoms with Gasteiger partial charge in [0.25, 0.3) is 0 Å². The summed E-state index contributed by atoms with van der Waals surface area (Å²) in [5.41, 5.74) is 2.05. The second-order valence-electron chi connectivity index (χ2n) is 4.16. The minimum Gasteiger partial charge on any atom is -0.375 e. The maximum Gasteiger partial charge on any atom is 0.0781 e. The summed E-state index contributed by atoms with van der Waals surface area (Å²) in [7, 11) is 0. The minimum atomic E-state index is 0. The first-order valence-electron chi connectivity index (χ1n) is 5.58. The van der Waals surface area contributed by atoms with Crippen LogP contribution in [0.15, 0.2) is 24.3 Å². The average Bonchev–Trinajstić information content (AvgIpc) is 2.16. The van der Waals surface area contributed by atoms with Gasteiger partial charge in [0.1, 0.15) is 0 Å². The molecule has 0 spiro atoms. The van der Waals surface area contributed by atoms with Gasteiger partial charge in [-0.15, -0.1) is 0 Å². The number of hydrogen-bond donors (Lipinski definition) is 0. The highest BCUT2D eigenvalue weighted by Gasteiger charge is 2.01. The maximum atomic E-state index is 5.50. The van der Waals surface area contributed by atoms with Crippen LogP contribution in [-0.2, 0) is 14.2 Å². The second kappa shape index (κ2) is 14.4. The molecule has 0 rings (SSSR count). The van der Waals surface area contributed by atoms with Crippen molar-refractivity contribution >= 4 is 0 Å². The molecule has 1 atom stereocenters. The van der Waals surface area contributed by atoms with Gasteiger partial charge in [-0.25, -0.2) is 0 Å². The fraction of sp³-hybridized carbons (Fsp3) is 0.733. The van der Waals surface area contributed by atoms with Crippen LogP contribution in [0.5, 0.6) is 0 Å². The number of rotatable bonds is 10. The van der Waals surface area contributed by atoms with E-state index < -0.39 is 0 Å². The molecule has 18 heavy (non-hydrogen) atoms. The van der Waals surface area contributed by atoms with Crippen molar-refractivity contribution in [1.29, 1.82) is 0 Å². The lowest BCUT2D eigenvalue weighted by molar-refractivity contribution is -0.0234. The van der Waals surface area contributed by atoms with Gasteiger partial charge in [-0.1, -0.05) is 39.2 Å². The smallest absolute Gasteiger partial charge is 0.0781 e. The predicted molar refractivity (Wildman–Crippen MR) is 80.1 cm³/mol. The van der Waals surface area contributed by atoms with Crippen molar-refractivity contribution in [3.63, 3.8) is 0 Å². The molecule has 0 N–H and O–H groups in total. The van der Waals surface area contributed by atoms with E-state index >= 15 is 0 Å². The molecule has 0 aliphatic heterocycles. The van der Waals surface area contributed by atoms with Gasteiger partial charge >= 0.3 is 0 Å². The summed E-state index contributed by atoms with van der Waals surface area (Å²) < 4.78 is 16.2. The largest absolute Gasteiger partial charge is 0.375 e. The van der Waals surface area contributed by atoms with Crippen molar-refractivity contribution in [3.05, 3.63) is 24.3 Å². The Balaban J connectivity index is -0.00000112. The molecule has 3 nitrogen and oxygen atoms in total. The third-order valence-corrected chi connectivity index (χ3v) is 1.68. The van der Waals surface area contributed by atoms with Gasteiger partial charge in [-0.3, -0.25) is 0 Å². The van der Waals surface area contributed by atoms with Crippen LogP contribution in [-0.4, -0.2) is 39.1 Å². The first-order chi connectivity index (χ1) is 7.52. The lowest BCUT2D eigenvalue weighted by Crippen LogP contribution is -2.19. The second-order valence-corrected chi connectivity index (χ2v) is 4.16. The van der Waals surface area contributed by atoms with Crippen LogP contribution in [0.1, 0.15) is 35.6 Å². The molecular formula is C15H32O3. The van der Waals surface area contributed by atoms with E-state index in [0.717, 1.165) is 11.1 Å². The quantitative estimate of drug-likeness (QED) is 0.441. The van der Waals surface area contributed by atoms with Crippen molar-refractivity contribution in [2.75, 3.05) is 33.0 Å². The summed E-state index contributed by atoms with van der Waals surface area (Å²) in [4.78, 5) is 0. The average molecular weight is 260 g/mol. The Morgan fingerprint density at radius 1 is 0.944 bits per heavy atom. The Hall–Kier alpha value is -0.640. The van der Waals surface area contributed by atoms with Gasteiger partial charge in [0, 0.05) is 0 Å². The summed E-state index contributed by atoms with van der Waals surface area (Å²) in [5.74, 6) is 0. The molecule has 3 heteroatoms. The van der Waals surface area contributed by atoms with Gasteiger partial charge in [0.2, 0.25) is 0 Å². The summed E-state index contributed by atoms with van der Waals surface area (Å²) in [6.45, 7) is 16.3. The maximum absolute atomic E-state index is 5.50. The van der Waals surface area contributed by atoms with E-state index in [1.165, 1.54) is 0 Å². The van der Waals surface area contributed by atoms with Crippen LogP contribution in [0.2, 0.25) is 0 Å². The standard InChI is InChI=1S/C13H24O3.2CH4/c1-11(2)8-14-6-7-16-13(5)10-15-9-12(3)4;;/h13H,1,3,6-10H2,2,4-5H3;2*1H4. The summed E-state index contributed by atoms with van der Waals surface area (Å²) in [6.07, 6.45) is 0.0905. The van der Waals surface area contributed by atoms with Gasteiger partial charge in [0.05, 0.1) is 39.1 Å². The summed E-state index contributed by atoms with van der Waals surface area (Å²) in [6, 6.07) is 0. The molecule has 0 saturated carbocycles. The summed E-state index contributed by atoms with van der Waals surface area (Å²) in [5, 5.41) is 0. The van der Waals surface area contributed by atoms with E-state index in [2.05, 4.69) is 13.2 Å². The van der Waals surface area contributed by atoms with E-state index in [9.17, 15) is 0 Å². The van der Waals surface area contributed by atoms with Crippen LogP contribution in [0.25, 0.3) is 0 Å². The van der Waals surface area contributed by atoms with Crippen LogP contribution in [0.3, 0.4) is 0 Å². The third kappa shape index (κ3) is 17.7. The molecule has 0 radical (unpaired) electrons. The van der Waals surface area contributed by atoms with Crippen molar-refractivity contribution in [2.24, 2.45) is 0 Å². The van der Waals surface area contributed by atoms with Crippen LogP contribution in [0, 0.1) is 0 Å². The Morgan fingerprint density at radius 2 is 1.44 bits per heavy atom. The molecule has 0 aliphatic carbocycles. The highest BCUT2D eigenvalue weighted by Crippen LogP contribution is 1.96. The Kier molecular flexibility index (Phi) is 18.1. The van der Waals surface area contributed by atoms with Gasteiger partial charge in [0.15, 0.2) is 0 Å². The first kappa shape index (κ1) is 22.5. The number of ether oxygens (including phenoxy) is 3. The van der Waals surface area contributed by atoms with Crippen LogP contribution in [0.4, 0.5) is 0 Å². The van der Waals surface area contributed by atoms with E-state index in [-0.39, 0.29) is 21.0 Å². The van der Waals surface area contributed by atoms with Gasteiger partial charge in [-0.2, -0.15) is 0 Å². The summed E-state index contributed by atoms with van der Waals surface area (Å²) >= 11 is 0. The molecule has 0 saturated heterocycles. The SMILES string of the molecule is C.C.C=C(C)COCCOC(C)COCC(=C)C. The molecule has 0 heterocycles. The molecule has 0 bridgehead atoms. The monoisotopic (exact) mass is 260 g/mol. The van der Waals surface area contributed by atoms with Crippen LogP contribution < -0.4 is 0 Å². The Labute approximate surface area is 114 Å². The van der Waals surface area contributed by atoms with Gasteiger partial charge in [-0.05, 0) is 20.8 Å². The fourth-order valence-corrected chi connectivity index (χ4v) is 1.00. The number of hydrogen-bond acceptors (Lipinski definition) is 3. The lowest BCUT2D eigenvalue weighted by Gasteiger charge is -2.13. The van der Waals surface area contributed by atoms with Crippen molar-refractivity contribution in [1.82, 2.24) is 0 Å². The zero-order valence-corrected chi connectivity index (χ0v) is 10.8. The van der Waals surface area contributed by atoms with Gasteiger partial charge < -0.3 is 14.2 Å². The first-order valence-corrected chi connectivity index (χ1v) is 5.58. The molecule has 110 valence electrons. The van der Waals surface area contributed by atoms with Crippen LogP contribution >= 0.6 is 0 Å². The predicted octanol–water partition coefficient (Wildman–Crippen LogP) is 3.85. The highest BCUT2D eigenvalue weighted by atomic mass is 16.5. The fourth-order valence-electron chi connectivity index (χ4n) is 1.00. The van der Waals surface area contributed by atoms with E-state index in [1.54, 1.807) is 0 Å². The molecule has 0 fully saturated rings. The molecule has 0 aromatic heterocycles. The third-order valence-electron chi connectivity index (χ3n) is 1.68. The molecule has 0 aliphatic rings.